The highest BCUT2D eigenvalue weighted by Gasteiger charge is 2.27. The Morgan fingerprint density at radius 3 is 2.00 bits per heavy atom. The molecule has 0 aromatic heterocycles. The molecule has 0 aliphatic carbocycles. The molecule has 0 radical (unpaired) electrons. The van der Waals surface area contributed by atoms with Gasteiger partial charge >= 0.3 is 0 Å². The third kappa shape index (κ3) is 3.56. The Balaban J connectivity index is 1.94. The van der Waals surface area contributed by atoms with Crippen LogP contribution in [0.1, 0.15) is 23.2 Å². The fourth-order valence-electron chi connectivity index (χ4n) is 2.89. The summed E-state index contributed by atoms with van der Waals surface area (Å²) in [7, 11) is 0. The van der Waals surface area contributed by atoms with Crippen LogP contribution in [0.25, 0.3) is 0 Å². The molecule has 1 aliphatic heterocycles. The maximum Gasteiger partial charge on any atom is 0.258 e. The van der Waals surface area contributed by atoms with Crippen molar-refractivity contribution in [1.82, 2.24) is 5.32 Å². The van der Waals surface area contributed by atoms with E-state index in [1.54, 1.807) is 17.0 Å². The van der Waals surface area contributed by atoms with Crippen LogP contribution in [0.3, 0.4) is 0 Å². The Hall–Kier alpha value is -2.27. The molecule has 0 bridgehead atoms. The van der Waals surface area contributed by atoms with Crippen LogP contribution in [0.2, 0.25) is 0 Å². The van der Waals surface area contributed by atoms with Gasteiger partial charge in [-0.05, 0) is 74.5 Å². The average molecular weight is 316 g/mol. The standard InChI is InChI=1S/C18H18F2N2O/c19-14-3-1-13(2-4-14)18(23)22(17-9-11-21-12-10-17)16-7-5-15(20)6-8-16/h1-8,17,21H,9-12H2. The third-order valence-corrected chi connectivity index (χ3v) is 4.09. The van der Waals surface area contributed by atoms with E-state index in [4.69, 9.17) is 0 Å². The van der Waals surface area contributed by atoms with Crippen LogP contribution in [0.5, 0.6) is 0 Å². The molecular formula is C18H18F2N2O. The summed E-state index contributed by atoms with van der Waals surface area (Å²) in [5.74, 6) is -0.909. The molecular weight excluding hydrogens is 298 g/mol. The summed E-state index contributed by atoms with van der Waals surface area (Å²) in [4.78, 5) is 14.6. The minimum absolute atomic E-state index is 0.0410. The highest BCUT2D eigenvalue weighted by atomic mass is 19.1. The summed E-state index contributed by atoms with van der Waals surface area (Å²) in [6.45, 7) is 1.66. The molecule has 0 spiro atoms. The first-order chi connectivity index (χ1) is 11.1. The first-order valence-corrected chi connectivity index (χ1v) is 7.70. The summed E-state index contributed by atoms with van der Waals surface area (Å²) in [5.41, 5.74) is 1.09. The number of halogens is 2. The van der Waals surface area contributed by atoms with Gasteiger partial charge in [0.15, 0.2) is 0 Å². The lowest BCUT2D eigenvalue weighted by atomic mass is 10.0. The molecule has 5 heteroatoms. The number of benzene rings is 2. The van der Waals surface area contributed by atoms with Gasteiger partial charge in [-0.2, -0.15) is 0 Å². The molecule has 1 fully saturated rings. The van der Waals surface area contributed by atoms with Gasteiger partial charge in [-0.3, -0.25) is 4.79 Å². The van der Waals surface area contributed by atoms with Crippen LogP contribution in [0.15, 0.2) is 48.5 Å². The summed E-state index contributed by atoms with van der Waals surface area (Å²) in [5, 5.41) is 3.27. The van der Waals surface area contributed by atoms with Gasteiger partial charge in [-0.1, -0.05) is 0 Å². The molecule has 1 N–H and O–H groups in total. The normalized spacial score (nSPS) is 15.4. The Labute approximate surface area is 133 Å². The molecule has 1 heterocycles. The van der Waals surface area contributed by atoms with Gasteiger partial charge < -0.3 is 10.2 Å². The van der Waals surface area contributed by atoms with Crippen molar-refractivity contribution in [3.05, 3.63) is 65.7 Å². The van der Waals surface area contributed by atoms with Gasteiger partial charge in [0.1, 0.15) is 11.6 Å². The van der Waals surface area contributed by atoms with E-state index in [0.717, 1.165) is 25.9 Å². The van der Waals surface area contributed by atoms with Crippen molar-refractivity contribution < 1.29 is 13.6 Å². The zero-order valence-electron chi connectivity index (χ0n) is 12.6. The maximum atomic E-state index is 13.2. The van der Waals surface area contributed by atoms with E-state index < -0.39 is 0 Å². The molecule has 2 aromatic rings. The molecule has 1 amide bonds. The maximum absolute atomic E-state index is 13.2. The molecule has 1 saturated heterocycles. The fraction of sp³-hybridized carbons (Fsp3) is 0.278. The number of hydrogen-bond acceptors (Lipinski definition) is 2. The van der Waals surface area contributed by atoms with Crippen LogP contribution in [0.4, 0.5) is 14.5 Å². The number of rotatable bonds is 3. The lowest BCUT2D eigenvalue weighted by Gasteiger charge is -2.35. The predicted molar refractivity (Wildman–Crippen MR) is 85.5 cm³/mol. The summed E-state index contributed by atoms with van der Waals surface area (Å²) < 4.78 is 26.3. The number of amides is 1. The van der Waals surface area contributed by atoms with Crippen molar-refractivity contribution in [1.29, 1.82) is 0 Å². The second kappa shape index (κ2) is 6.87. The number of anilines is 1. The number of carbonyl (C=O) groups excluding carboxylic acids is 1. The van der Waals surface area contributed by atoms with E-state index in [2.05, 4.69) is 5.32 Å². The first-order valence-electron chi connectivity index (χ1n) is 7.70. The Kier molecular flexibility index (Phi) is 4.67. The van der Waals surface area contributed by atoms with E-state index in [-0.39, 0.29) is 23.6 Å². The van der Waals surface area contributed by atoms with Crippen LogP contribution in [0, 0.1) is 11.6 Å². The average Bonchev–Trinajstić information content (AvgIpc) is 2.58. The van der Waals surface area contributed by atoms with Crippen molar-refractivity contribution in [2.45, 2.75) is 18.9 Å². The molecule has 0 atom stereocenters. The summed E-state index contributed by atoms with van der Waals surface area (Å²) in [6, 6.07) is 11.5. The van der Waals surface area contributed by atoms with Gasteiger partial charge in [-0.25, -0.2) is 8.78 Å². The minimum atomic E-state index is -0.378. The number of carbonyl (C=O) groups is 1. The second-order valence-corrected chi connectivity index (χ2v) is 5.64. The van der Waals surface area contributed by atoms with Crippen LogP contribution in [-0.2, 0) is 0 Å². The number of nitrogens with zero attached hydrogens (tertiary/aromatic N) is 1. The molecule has 2 aromatic carbocycles. The first kappa shape index (κ1) is 15.6. The highest BCUT2D eigenvalue weighted by Crippen LogP contribution is 2.24. The largest absolute Gasteiger partial charge is 0.317 e. The van der Waals surface area contributed by atoms with E-state index in [9.17, 15) is 13.6 Å². The zero-order chi connectivity index (χ0) is 16.2. The quantitative estimate of drug-likeness (QED) is 0.942. The van der Waals surface area contributed by atoms with E-state index in [1.807, 2.05) is 0 Å². The fourth-order valence-corrected chi connectivity index (χ4v) is 2.89. The highest BCUT2D eigenvalue weighted by molar-refractivity contribution is 6.06. The Morgan fingerprint density at radius 2 is 1.43 bits per heavy atom. The molecule has 3 nitrogen and oxygen atoms in total. The molecule has 3 rings (SSSR count). The molecule has 23 heavy (non-hydrogen) atoms. The van der Waals surface area contributed by atoms with Crippen LogP contribution < -0.4 is 10.2 Å². The van der Waals surface area contributed by atoms with Gasteiger partial charge in [-0.15, -0.1) is 0 Å². The topological polar surface area (TPSA) is 32.3 Å². The van der Waals surface area contributed by atoms with Crippen LogP contribution in [-0.4, -0.2) is 25.0 Å². The Bertz CT molecular complexity index is 664. The Morgan fingerprint density at radius 1 is 0.913 bits per heavy atom. The van der Waals surface area contributed by atoms with Crippen molar-refractivity contribution in [3.8, 4) is 0 Å². The van der Waals surface area contributed by atoms with Crippen molar-refractivity contribution in [2.75, 3.05) is 18.0 Å². The molecule has 1 aliphatic rings. The van der Waals surface area contributed by atoms with Gasteiger partial charge in [0.05, 0.1) is 0 Å². The smallest absolute Gasteiger partial charge is 0.258 e. The molecule has 0 saturated carbocycles. The summed E-state index contributed by atoms with van der Waals surface area (Å²) in [6.07, 6.45) is 1.65. The second-order valence-electron chi connectivity index (χ2n) is 5.64. The number of nitrogens with one attached hydrogen (secondary N) is 1. The van der Waals surface area contributed by atoms with Crippen molar-refractivity contribution in [2.24, 2.45) is 0 Å². The summed E-state index contributed by atoms with van der Waals surface area (Å²) >= 11 is 0. The van der Waals surface area contributed by atoms with E-state index in [1.165, 1.54) is 36.4 Å². The van der Waals surface area contributed by atoms with Gasteiger partial charge in [0.25, 0.3) is 5.91 Å². The number of hydrogen-bond donors (Lipinski definition) is 1. The SMILES string of the molecule is O=C(c1ccc(F)cc1)N(c1ccc(F)cc1)C1CCNCC1. The van der Waals surface area contributed by atoms with Crippen molar-refractivity contribution in [3.63, 3.8) is 0 Å². The molecule has 0 unspecified atom stereocenters. The monoisotopic (exact) mass is 316 g/mol. The van der Waals surface area contributed by atoms with E-state index >= 15 is 0 Å². The molecule has 120 valence electrons. The van der Waals surface area contributed by atoms with Gasteiger partial charge in [0, 0.05) is 17.3 Å². The lowest BCUT2D eigenvalue weighted by molar-refractivity contribution is 0.0971. The predicted octanol–water partition coefficient (Wildman–Crippen LogP) is 3.36. The number of piperidine rings is 1. The minimum Gasteiger partial charge on any atom is -0.317 e. The lowest BCUT2D eigenvalue weighted by Crippen LogP contribution is -2.46. The third-order valence-electron chi connectivity index (χ3n) is 4.09. The van der Waals surface area contributed by atoms with E-state index in [0.29, 0.717) is 11.3 Å². The van der Waals surface area contributed by atoms with Crippen LogP contribution >= 0.6 is 0 Å². The van der Waals surface area contributed by atoms with Crippen molar-refractivity contribution >= 4 is 11.6 Å². The van der Waals surface area contributed by atoms with Gasteiger partial charge in [0.2, 0.25) is 0 Å². The zero-order valence-corrected chi connectivity index (χ0v) is 12.6.